The monoisotopic (exact) mass is 241 g/mol. The third-order valence-electron chi connectivity index (χ3n) is 2.79. The van der Waals surface area contributed by atoms with E-state index in [4.69, 9.17) is 4.74 Å². The van der Waals surface area contributed by atoms with Gasteiger partial charge in [0.2, 0.25) is 0 Å². The fraction of sp³-hybridized carbons (Fsp3) is 0.417. The van der Waals surface area contributed by atoms with Gasteiger partial charge in [-0.1, -0.05) is 0 Å². The van der Waals surface area contributed by atoms with Crippen molar-refractivity contribution in [2.45, 2.75) is 25.8 Å². The summed E-state index contributed by atoms with van der Waals surface area (Å²) >= 11 is 0. The van der Waals surface area contributed by atoms with E-state index in [1.165, 1.54) is 13.0 Å². The van der Waals surface area contributed by atoms with Crippen molar-refractivity contribution in [2.75, 3.05) is 11.9 Å². The molecule has 17 heavy (non-hydrogen) atoms. The van der Waals surface area contributed by atoms with Gasteiger partial charge < -0.3 is 10.1 Å². The molecule has 0 aliphatic carbocycles. The summed E-state index contributed by atoms with van der Waals surface area (Å²) in [7, 11) is 0. The van der Waals surface area contributed by atoms with Gasteiger partial charge in [-0.3, -0.25) is 4.79 Å². The van der Waals surface area contributed by atoms with Gasteiger partial charge in [0.1, 0.15) is 6.61 Å². The molecule has 1 N–H and O–H groups in total. The summed E-state index contributed by atoms with van der Waals surface area (Å²) in [6.45, 7) is 1.58. The number of fused-ring (bicyclic) bond motifs is 1. The molecule has 0 fully saturated rings. The Morgan fingerprint density at radius 3 is 3.00 bits per heavy atom. The number of carbonyl (C=O) groups is 1. The van der Waals surface area contributed by atoms with E-state index < -0.39 is 11.6 Å². The van der Waals surface area contributed by atoms with E-state index in [1.807, 2.05) is 0 Å². The quantitative estimate of drug-likeness (QED) is 0.807. The molecule has 1 aromatic rings. The zero-order chi connectivity index (χ0) is 12.4. The van der Waals surface area contributed by atoms with Crippen molar-refractivity contribution < 1.29 is 18.3 Å². The van der Waals surface area contributed by atoms with Crippen LogP contribution in [0.2, 0.25) is 0 Å². The number of esters is 1. The normalized spacial score (nSPS) is 18.2. The smallest absolute Gasteiger partial charge is 0.302 e. The molecule has 0 bridgehead atoms. The third-order valence-corrected chi connectivity index (χ3v) is 2.79. The van der Waals surface area contributed by atoms with Crippen LogP contribution in [-0.4, -0.2) is 18.6 Å². The van der Waals surface area contributed by atoms with Gasteiger partial charge >= 0.3 is 5.97 Å². The Hall–Kier alpha value is -1.65. The summed E-state index contributed by atoms with van der Waals surface area (Å²) in [6, 6.07) is 2.56. The van der Waals surface area contributed by atoms with Crippen molar-refractivity contribution >= 4 is 11.7 Å². The molecule has 1 atom stereocenters. The summed E-state index contributed by atoms with van der Waals surface area (Å²) in [6.07, 6.45) is 1.05. The Morgan fingerprint density at radius 1 is 1.53 bits per heavy atom. The van der Waals surface area contributed by atoms with Crippen LogP contribution >= 0.6 is 0 Å². The Labute approximate surface area is 97.8 Å². The lowest BCUT2D eigenvalue weighted by Gasteiger charge is -2.26. The molecule has 3 nitrogen and oxygen atoms in total. The second-order valence-electron chi connectivity index (χ2n) is 4.07. The van der Waals surface area contributed by atoms with Crippen LogP contribution in [-0.2, 0) is 16.0 Å². The molecular weight excluding hydrogens is 228 g/mol. The first-order valence-corrected chi connectivity index (χ1v) is 5.44. The summed E-state index contributed by atoms with van der Waals surface area (Å²) in [5, 5.41) is 3.04. The average molecular weight is 241 g/mol. The number of halogens is 2. The standard InChI is InChI=1S/C12H13F2NO2/c1-7(16)17-6-8-2-3-9-11(15-8)5-4-10(13)12(9)14/h4-5,8,15H,2-3,6H2,1H3. The van der Waals surface area contributed by atoms with Gasteiger partial charge in [-0.05, 0) is 25.0 Å². The van der Waals surface area contributed by atoms with Crippen molar-refractivity contribution in [3.8, 4) is 0 Å². The summed E-state index contributed by atoms with van der Waals surface area (Å²) in [4.78, 5) is 10.7. The lowest BCUT2D eigenvalue weighted by atomic mass is 9.98. The molecule has 0 amide bonds. The highest BCUT2D eigenvalue weighted by atomic mass is 19.2. The molecule has 0 saturated carbocycles. The van der Waals surface area contributed by atoms with Crippen molar-refractivity contribution in [2.24, 2.45) is 0 Å². The number of benzene rings is 1. The van der Waals surface area contributed by atoms with Gasteiger partial charge in [0.05, 0.1) is 6.04 Å². The zero-order valence-electron chi connectivity index (χ0n) is 9.43. The highest BCUT2D eigenvalue weighted by molar-refractivity contribution is 5.66. The van der Waals surface area contributed by atoms with Gasteiger partial charge in [-0.2, -0.15) is 0 Å². The molecule has 5 heteroatoms. The molecule has 92 valence electrons. The summed E-state index contributed by atoms with van der Waals surface area (Å²) in [5.41, 5.74) is 0.941. The zero-order valence-corrected chi connectivity index (χ0v) is 9.43. The van der Waals surface area contributed by atoms with Crippen molar-refractivity contribution in [1.82, 2.24) is 0 Å². The van der Waals surface area contributed by atoms with Crippen molar-refractivity contribution in [3.63, 3.8) is 0 Å². The van der Waals surface area contributed by atoms with E-state index in [1.54, 1.807) is 0 Å². The molecular formula is C12H13F2NO2. The first kappa shape index (κ1) is 11.8. The number of carbonyl (C=O) groups excluding carboxylic acids is 1. The largest absolute Gasteiger partial charge is 0.464 e. The molecule has 2 rings (SSSR count). The first-order valence-electron chi connectivity index (χ1n) is 5.44. The van der Waals surface area contributed by atoms with Gasteiger partial charge in [0, 0.05) is 18.2 Å². The second kappa shape index (κ2) is 4.69. The van der Waals surface area contributed by atoms with Crippen molar-refractivity contribution in [3.05, 3.63) is 29.3 Å². The fourth-order valence-electron chi connectivity index (χ4n) is 1.93. The van der Waals surface area contributed by atoms with E-state index in [0.29, 0.717) is 24.1 Å². The van der Waals surface area contributed by atoms with E-state index in [2.05, 4.69) is 5.32 Å². The van der Waals surface area contributed by atoms with Gasteiger partial charge in [-0.15, -0.1) is 0 Å². The SMILES string of the molecule is CC(=O)OCC1CCc2c(ccc(F)c2F)N1. The Morgan fingerprint density at radius 2 is 2.29 bits per heavy atom. The van der Waals surface area contributed by atoms with Crippen LogP contribution in [0.25, 0.3) is 0 Å². The highest BCUT2D eigenvalue weighted by Crippen LogP contribution is 2.28. The van der Waals surface area contributed by atoms with Crippen LogP contribution in [0.1, 0.15) is 18.9 Å². The van der Waals surface area contributed by atoms with E-state index in [9.17, 15) is 13.6 Å². The van der Waals surface area contributed by atoms with Crippen LogP contribution in [0, 0.1) is 11.6 Å². The summed E-state index contributed by atoms with van der Waals surface area (Å²) < 4.78 is 31.3. The lowest BCUT2D eigenvalue weighted by molar-refractivity contribution is -0.141. The molecule has 1 aliphatic rings. The molecule has 1 unspecified atom stereocenters. The minimum atomic E-state index is -0.830. The molecule has 1 aromatic carbocycles. The van der Waals surface area contributed by atoms with Crippen LogP contribution in [0.5, 0.6) is 0 Å². The molecule has 0 saturated heterocycles. The predicted octanol–water partition coefficient (Wildman–Crippen LogP) is 2.25. The van der Waals surface area contributed by atoms with Crippen molar-refractivity contribution in [1.29, 1.82) is 0 Å². The van der Waals surface area contributed by atoms with Crippen LogP contribution in [0.3, 0.4) is 0 Å². The molecule has 0 aromatic heterocycles. The van der Waals surface area contributed by atoms with Crippen LogP contribution in [0.4, 0.5) is 14.5 Å². The third kappa shape index (κ3) is 2.54. The van der Waals surface area contributed by atoms with E-state index in [0.717, 1.165) is 6.07 Å². The topological polar surface area (TPSA) is 38.3 Å². The second-order valence-corrected chi connectivity index (χ2v) is 4.07. The van der Waals surface area contributed by atoms with Crippen LogP contribution in [0.15, 0.2) is 12.1 Å². The Kier molecular flexibility index (Phi) is 3.26. The van der Waals surface area contributed by atoms with Gasteiger partial charge in [0.25, 0.3) is 0 Å². The minimum absolute atomic E-state index is 0.0451. The maximum atomic E-state index is 13.4. The molecule has 0 spiro atoms. The van der Waals surface area contributed by atoms with Gasteiger partial charge in [0.15, 0.2) is 11.6 Å². The number of rotatable bonds is 2. The van der Waals surface area contributed by atoms with E-state index in [-0.39, 0.29) is 18.6 Å². The average Bonchev–Trinajstić information content (AvgIpc) is 2.31. The van der Waals surface area contributed by atoms with Crippen LogP contribution < -0.4 is 5.32 Å². The maximum absolute atomic E-state index is 13.4. The Balaban J connectivity index is 2.09. The number of hydrogen-bond acceptors (Lipinski definition) is 3. The maximum Gasteiger partial charge on any atom is 0.302 e. The number of anilines is 1. The lowest BCUT2D eigenvalue weighted by Crippen LogP contribution is -2.31. The van der Waals surface area contributed by atoms with Gasteiger partial charge in [-0.25, -0.2) is 8.78 Å². The number of ether oxygens (including phenoxy) is 1. The fourth-order valence-corrected chi connectivity index (χ4v) is 1.93. The first-order chi connectivity index (χ1) is 8.08. The highest BCUT2D eigenvalue weighted by Gasteiger charge is 2.22. The molecule has 1 aliphatic heterocycles. The molecule has 1 heterocycles. The molecule has 0 radical (unpaired) electrons. The summed E-state index contributed by atoms with van der Waals surface area (Å²) in [5.74, 6) is -1.96. The number of nitrogens with one attached hydrogen (secondary N) is 1. The predicted molar refractivity (Wildman–Crippen MR) is 58.7 cm³/mol. The number of hydrogen-bond donors (Lipinski definition) is 1. The van der Waals surface area contributed by atoms with E-state index >= 15 is 0 Å². The minimum Gasteiger partial charge on any atom is -0.464 e. The Bertz CT molecular complexity index is 448.